The fourth-order valence-corrected chi connectivity index (χ4v) is 4.33. The van der Waals surface area contributed by atoms with Gasteiger partial charge < -0.3 is 15.5 Å². The number of nitrogens with one attached hydrogen (secondary N) is 2. The molecule has 11 heteroatoms. The lowest BCUT2D eigenvalue weighted by Crippen LogP contribution is -2.34. The van der Waals surface area contributed by atoms with E-state index in [1.807, 2.05) is 17.9 Å². The van der Waals surface area contributed by atoms with E-state index < -0.39 is 11.7 Å². The number of nitriles is 1. The molecule has 1 fully saturated rings. The molecule has 0 bridgehead atoms. The minimum Gasteiger partial charge on any atom is -0.341 e. The highest BCUT2D eigenvalue weighted by atomic mass is 19.4. The Morgan fingerprint density at radius 1 is 1.14 bits per heavy atom. The molecule has 0 unspecified atom stereocenters. The number of hydrogen-bond acceptors (Lipinski definition) is 7. The summed E-state index contributed by atoms with van der Waals surface area (Å²) in [6, 6.07) is 11.0. The van der Waals surface area contributed by atoms with Gasteiger partial charge in [-0.2, -0.15) is 23.4 Å². The molecule has 0 spiro atoms. The Hall–Kier alpha value is -4.20. The van der Waals surface area contributed by atoms with E-state index >= 15 is 0 Å². The number of nitrogens with zero attached hydrogens (tertiary/aromatic N) is 5. The van der Waals surface area contributed by atoms with Crippen molar-refractivity contribution in [1.29, 1.82) is 5.26 Å². The largest absolute Gasteiger partial charge is 0.416 e. The van der Waals surface area contributed by atoms with Crippen molar-refractivity contribution >= 4 is 29.2 Å². The van der Waals surface area contributed by atoms with Crippen LogP contribution in [0.3, 0.4) is 0 Å². The third kappa shape index (κ3) is 5.54. The maximum Gasteiger partial charge on any atom is 0.416 e. The van der Waals surface area contributed by atoms with Gasteiger partial charge in [-0.15, -0.1) is 0 Å². The lowest BCUT2D eigenvalue weighted by molar-refractivity contribution is -0.138. The van der Waals surface area contributed by atoms with Crippen molar-refractivity contribution < 1.29 is 18.0 Å². The Labute approximate surface area is 206 Å². The van der Waals surface area contributed by atoms with Crippen LogP contribution in [0.1, 0.15) is 47.9 Å². The van der Waals surface area contributed by atoms with Gasteiger partial charge in [-0.3, -0.25) is 4.79 Å². The lowest BCUT2D eigenvalue weighted by Gasteiger charge is -2.33. The highest BCUT2D eigenvalue weighted by Crippen LogP contribution is 2.39. The van der Waals surface area contributed by atoms with Crippen molar-refractivity contribution in [2.24, 2.45) is 0 Å². The molecule has 2 N–H and O–H groups in total. The van der Waals surface area contributed by atoms with E-state index in [1.165, 1.54) is 25.4 Å². The van der Waals surface area contributed by atoms with E-state index in [0.717, 1.165) is 17.3 Å². The average molecular weight is 496 g/mol. The highest BCUT2D eigenvalue weighted by molar-refractivity contribution is 5.90. The molecule has 4 rings (SSSR count). The van der Waals surface area contributed by atoms with Gasteiger partial charge in [0.15, 0.2) is 0 Å². The van der Waals surface area contributed by atoms with Crippen molar-refractivity contribution in [2.75, 3.05) is 28.6 Å². The third-order valence-electron chi connectivity index (χ3n) is 6.16. The summed E-state index contributed by atoms with van der Waals surface area (Å²) < 4.78 is 40.9. The Balaban J connectivity index is 1.48. The molecule has 1 aromatic heterocycles. The van der Waals surface area contributed by atoms with Crippen LogP contribution >= 0.6 is 0 Å². The molecule has 0 aliphatic carbocycles. The summed E-state index contributed by atoms with van der Waals surface area (Å²) in [5.74, 6) is 0.280. The lowest BCUT2D eigenvalue weighted by atomic mass is 9.85. The number of amides is 1. The van der Waals surface area contributed by atoms with Gasteiger partial charge in [0.25, 0.3) is 0 Å². The molecule has 36 heavy (non-hydrogen) atoms. The van der Waals surface area contributed by atoms with Crippen molar-refractivity contribution in [3.05, 3.63) is 65.0 Å². The molecular weight excluding hydrogens is 471 g/mol. The Morgan fingerprint density at radius 2 is 1.86 bits per heavy atom. The van der Waals surface area contributed by atoms with Crippen LogP contribution in [-0.4, -0.2) is 33.9 Å². The van der Waals surface area contributed by atoms with E-state index in [0.29, 0.717) is 43.5 Å². The molecular formula is C25H24F3N7O. The highest BCUT2D eigenvalue weighted by Gasteiger charge is 2.36. The summed E-state index contributed by atoms with van der Waals surface area (Å²) >= 11 is 0. The first-order chi connectivity index (χ1) is 17.2. The summed E-state index contributed by atoms with van der Waals surface area (Å²) in [6.45, 7) is 4.25. The van der Waals surface area contributed by atoms with Crippen LogP contribution in [0.15, 0.2) is 42.7 Å². The van der Waals surface area contributed by atoms with Gasteiger partial charge in [-0.05, 0) is 61.1 Å². The monoisotopic (exact) mass is 495 g/mol. The number of anilines is 4. The topological polar surface area (TPSA) is 107 Å². The molecule has 1 amide bonds. The van der Waals surface area contributed by atoms with Gasteiger partial charge in [-0.1, -0.05) is 12.1 Å². The SMILES string of the molecule is CC(=O)Nc1cccc(Nc2ncnc(N3CCC(c4ccc(C#N)cc4C(F)(F)F)CC3)n2)c1C. The van der Waals surface area contributed by atoms with Gasteiger partial charge in [0.05, 0.1) is 17.2 Å². The molecule has 1 aliphatic rings. The van der Waals surface area contributed by atoms with Crippen LogP contribution in [0, 0.1) is 18.3 Å². The van der Waals surface area contributed by atoms with Gasteiger partial charge >= 0.3 is 6.18 Å². The number of carbonyl (C=O) groups excluding carboxylic acids is 1. The molecule has 0 atom stereocenters. The molecule has 1 saturated heterocycles. The van der Waals surface area contributed by atoms with Crippen molar-refractivity contribution in [1.82, 2.24) is 15.0 Å². The molecule has 0 saturated carbocycles. The number of piperidine rings is 1. The molecule has 0 radical (unpaired) electrons. The van der Waals surface area contributed by atoms with E-state index in [1.54, 1.807) is 18.2 Å². The summed E-state index contributed by atoms with van der Waals surface area (Å²) in [7, 11) is 0. The minimum atomic E-state index is -4.52. The predicted molar refractivity (Wildman–Crippen MR) is 129 cm³/mol. The summed E-state index contributed by atoms with van der Waals surface area (Å²) in [4.78, 5) is 26.3. The van der Waals surface area contributed by atoms with Crippen molar-refractivity contribution in [2.45, 2.75) is 38.8 Å². The normalized spacial score (nSPS) is 14.3. The molecule has 186 valence electrons. The average Bonchev–Trinajstić information content (AvgIpc) is 2.85. The van der Waals surface area contributed by atoms with Crippen LogP contribution < -0.4 is 15.5 Å². The number of rotatable bonds is 5. The zero-order valence-corrected chi connectivity index (χ0v) is 19.7. The zero-order chi connectivity index (χ0) is 25.9. The van der Waals surface area contributed by atoms with Crippen LogP contribution in [0.5, 0.6) is 0 Å². The maximum atomic E-state index is 13.6. The third-order valence-corrected chi connectivity index (χ3v) is 6.16. The van der Waals surface area contributed by atoms with E-state index in [9.17, 15) is 18.0 Å². The van der Waals surface area contributed by atoms with Gasteiger partial charge in [-0.25, -0.2) is 9.97 Å². The molecule has 2 aromatic carbocycles. The van der Waals surface area contributed by atoms with E-state index in [-0.39, 0.29) is 23.0 Å². The van der Waals surface area contributed by atoms with Crippen LogP contribution in [0.2, 0.25) is 0 Å². The first-order valence-corrected chi connectivity index (χ1v) is 11.3. The van der Waals surface area contributed by atoms with Crippen molar-refractivity contribution in [3.8, 4) is 6.07 Å². The second kappa shape index (κ2) is 10.2. The smallest absolute Gasteiger partial charge is 0.341 e. The van der Waals surface area contributed by atoms with Gasteiger partial charge in [0.1, 0.15) is 6.33 Å². The van der Waals surface area contributed by atoms with Crippen LogP contribution in [0.4, 0.5) is 36.4 Å². The fraction of sp³-hybridized carbons (Fsp3) is 0.320. The second-order valence-electron chi connectivity index (χ2n) is 8.57. The maximum absolute atomic E-state index is 13.6. The number of halogens is 3. The summed E-state index contributed by atoms with van der Waals surface area (Å²) in [5, 5.41) is 14.9. The molecule has 3 aromatic rings. The standard InChI is InChI=1S/C25H24F3N7O/c1-15-21(32-16(2)36)4-3-5-22(15)33-23-30-14-31-24(34-23)35-10-8-18(9-11-35)19-7-6-17(13-29)12-20(19)25(26,27)28/h3-7,12,14,18H,8-11H2,1-2H3,(H,32,36)(H,30,31,33,34). The van der Waals surface area contributed by atoms with Crippen LogP contribution in [-0.2, 0) is 11.0 Å². The number of alkyl halides is 3. The first-order valence-electron chi connectivity index (χ1n) is 11.3. The molecule has 2 heterocycles. The van der Waals surface area contributed by atoms with Crippen molar-refractivity contribution in [3.63, 3.8) is 0 Å². The Bertz CT molecular complexity index is 1310. The fourth-order valence-electron chi connectivity index (χ4n) is 4.33. The summed E-state index contributed by atoms with van der Waals surface area (Å²) in [5.41, 5.74) is 1.67. The number of hydrogen-bond donors (Lipinski definition) is 2. The summed E-state index contributed by atoms with van der Waals surface area (Å²) in [6.07, 6.45) is -2.17. The predicted octanol–water partition coefficient (Wildman–Crippen LogP) is 5.16. The quantitative estimate of drug-likeness (QED) is 0.504. The van der Waals surface area contributed by atoms with E-state index in [2.05, 4.69) is 25.6 Å². The van der Waals surface area contributed by atoms with Gasteiger partial charge in [0, 0.05) is 31.4 Å². The Morgan fingerprint density at radius 3 is 2.53 bits per heavy atom. The Kier molecular flexibility index (Phi) is 7.05. The zero-order valence-electron chi connectivity index (χ0n) is 19.7. The first kappa shape index (κ1) is 24.9. The molecule has 8 nitrogen and oxygen atoms in total. The van der Waals surface area contributed by atoms with Crippen LogP contribution in [0.25, 0.3) is 0 Å². The minimum absolute atomic E-state index is 0.00780. The molecule has 1 aliphatic heterocycles. The number of benzene rings is 2. The second-order valence-corrected chi connectivity index (χ2v) is 8.57. The number of aromatic nitrogens is 3. The van der Waals surface area contributed by atoms with Gasteiger partial charge in [0.2, 0.25) is 17.8 Å². The number of carbonyl (C=O) groups is 1. The van der Waals surface area contributed by atoms with E-state index in [4.69, 9.17) is 5.26 Å².